The number of likely N-dealkylation sites (N-methyl/N-ethyl adjacent to an activating group) is 1. The van der Waals surface area contributed by atoms with E-state index in [1.165, 1.54) is 6.07 Å². The van der Waals surface area contributed by atoms with Crippen molar-refractivity contribution in [2.75, 3.05) is 24.5 Å². The molecule has 0 saturated heterocycles. The fourth-order valence-corrected chi connectivity index (χ4v) is 4.52. The van der Waals surface area contributed by atoms with Gasteiger partial charge >= 0.3 is 0 Å². The van der Waals surface area contributed by atoms with E-state index in [2.05, 4.69) is 11.0 Å². The molecule has 1 aliphatic heterocycles. The topological polar surface area (TPSA) is 57.7 Å². The first kappa shape index (κ1) is 16.5. The molecule has 3 rings (SSSR count). The van der Waals surface area contributed by atoms with Gasteiger partial charge in [0, 0.05) is 18.8 Å². The second-order valence-electron chi connectivity index (χ2n) is 5.80. The molecule has 1 heterocycles. The Hall–Kier alpha value is -2.34. The highest BCUT2D eigenvalue weighted by Gasteiger charge is 2.40. The zero-order chi connectivity index (χ0) is 17.3. The van der Waals surface area contributed by atoms with E-state index in [0.717, 1.165) is 22.1 Å². The second kappa shape index (κ2) is 6.28. The van der Waals surface area contributed by atoms with Crippen molar-refractivity contribution in [1.82, 2.24) is 4.31 Å². The third kappa shape index (κ3) is 2.78. The summed E-state index contributed by atoms with van der Waals surface area (Å²) in [5.41, 5.74) is 2.43. The summed E-state index contributed by atoms with van der Waals surface area (Å²) >= 11 is 0. The number of carbonyl (C=O) groups excluding carboxylic acids is 1. The van der Waals surface area contributed by atoms with Crippen LogP contribution in [0.3, 0.4) is 0 Å². The van der Waals surface area contributed by atoms with Crippen LogP contribution in [0.2, 0.25) is 0 Å². The number of rotatable bonds is 5. The molecule has 126 valence electrons. The molecule has 0 radical (unpaired) electrons. The predicted octanol–water partition coefficient (Wildman–Crippen LogP) is 2.67. The molecule has 0 fully saturated rings. The van der Waals surface area contributed by atoms with Crippen molar-refractivity contribution in [2.24, 2.45) is 0 Å². The lowest BCUT2D eigenvalue weighted by Crippen LogP contribution is -2.38. The molecule has 0 aliphatic carbocycles. The van der Waals surface area contributed by atoms with Gasteiger partial charge in [0.15, 0.2) is 0 Å². The van der Waals surface area contributed by atoms with Crippen LogP contribution in [0.15, 0.2) is 53.4 Å². The molecular formula is C18H20N2O3S. The second-order valence-corrected chi connectivity index (χ2v) is 7.63. The van der Waals surface area contributed by atoms with Crippen LogP contribution in [0.4, 0.5) is 5.69 Å². The first-order chi connectivity index (χ1) is 11.4. The van der Waals surface area contributed by atoms with E-state index >= 15 is 0 Å². The highest BCUT2D eigenvalue weighted by atomic mass is 32.2. The lowest BCUT2D eigenvalue weighted by molar-refractivity contribution is 0.0873. The molecule has 0 saturated carbocycles. The van der Waals surface area contributed by atoms with E-state index in [1.807, 2.05) is 32.0 Å². The highest BCUT2D eigenvalue weighted by Crippen LogP contribution is 2.29. The third-order valence-corrected chi connectivity index (χ3v) is 6.07. The maximum atomic E-state index is 12.6. The summed E-state index contributed by atoms with van der Waals surface area (Å²) in [6.07, 6.45) is 0. The molecule has 0 unspecified atom stereocenters. The van der Waals surface area contributed by atoms with E-state index in [0.29, 0.717) is 6.54 Å². The molecule has 1 aliphatic rings. The number of hydrogen-bond donors (Lipinski definition) is 0. The minimum atomic E-state index is -3.73. The molecule has 24 heavy (non-hydrogen) atoms. The lowest BCUT2D eigenvalue weighted by atomic mass is 10.2. The number of fused-ring (bicyclic) bond motifs is 1. The number of anilines is 1. The molecule has 0 atom stereocenters. The van der Waals surface area contributed by atoms with Gasteiger partial charge in [0.1, 0.15) is 4.90 Å². The maximum Gasteiger partial charge on any atom is 0.269 e. The van der Waals surface area contributed by atoms with Gasteiger partial charge in [-0.1, -0.05) is 24.3 Å². The molecule has 0 bridgehead atoms. The summed E-state index contributed by atoms with van der Waals surface area (Å²) in [7, 11) is -3.73. The van der Waals surface area contributed by atoms with E-state index in [1.54, 1.807) is 18.2 Å². The fourth-order valence-electron chi connectivity index (χ4n) is 2.96. The smallest absolute Gasteiger partial charge is 0.269 e. The first-order valence-corrected chi connectivity index (χ1v) is 9.37. The third-order valence-electron chi connectivity index (χ3n) is 4.23. The number of hydrogen-bond acceptors (Lipinski definition) is 4. The Balaban J connectivity index is 1.81. The first-order valence-electron chi connectivity index (χ1n) is 7.93. The molecule has 0 spiro atoms. The number of aryl methyl sites for hydroxylation is 1. The van der Waals surface area contributed by atoms with Gasteiger partial charge in [-0.3, -0.25) is 4.79 Å². The zero-order valence-electron chi connectivity index (χ0n) is 13.8. The quantitative estimate of drug-likeness (QED) is 0.837. The van der Waals surface area contributed by atoms with Crippen LogP contribution in [-0.4, -0.2) is 38.3 Å². The van der Waals surface area contributed by atoms with Gasteiger partial charge in [0.2, 0.25) is 0 Å². The summed E-state index contributed by atoms with van der Waals surface area (Å²) in [6, 6.07) is 14.4. The molecule has 0 aromatic heterocycles. The minimum absolute atomic E-state index is 0.105. The molecule has 0 N–H and O–H groups in total. The Morgan fingerprint density at radius 2 is 1.83 bits per heavy atom. The summed E-state index contributed by atoms with van der Waals surface area (Å²) < 4.78 is 26.1. The fraction of sp³-hybridized carbons (Fsp3) is 0.278. The van der Waals surface area contributed by atoms with Crippen molar-refractivity contribution in [3.8, 4) is 0 Å². The minimum Gasteiger partial charge on any atom is -0.370 e. The van der Waals surface area contributed by atoms with Crippen molar-refractivity contribution < 1.29 is 13.2 Å². The van der Waals surface area contributed by atoms with Crippen molar-refractivity contribution in [1.29, 1.82) is 0 Å². The Morgan fingerprint density at radius 3 is 2.50 bits per heavy atom. The molecule has 1 amide bonds. The standard InChI is InChI=1S/C18H20N2O3S/c1-3-19(15-8-6-7-14(2)13-15)11-12-20-18(21)16-9-4-5-10-17(16)24(20,22)23/h4-10,13H,3,11-12H2,1-2H3. The molecular weight excluding hydrogens is 324 g/mol. The summed E-state index contributed by atoms with van der Waals surface area (Å²) in [5, 5.41) is 0. The van der Waals surface area contributed by atoms with Crippen LogP contribution in [0.1, 0.15) is 22.8 Å². The normalized spacial score (nSPS) is 15.4. The van der Waals surface area contributed by atoms with Gasteiger partial charge in [0.25, 0.3) is 15.9 Å². The number of nitrogens with zero attached hydrogens (tertiary/aromatic N) is 2. The van der Waals surface area contributed by atoms with Gasteiger partial charge in [0.05, 0.1) is 12.1 Å². The summed E-state index contributed by atoms with van der Waals surface area (Å²) in [6.45, 7) is 5.36. The van der Waals surface area contributed by atoms with Crippen molar-refractivity contribution in [2.45, 2.75) is 18.7 Å². The average Bonchev–Trinajstić information content (AvgIpc) is 2.76. The Bertz CT molecular complexity index is 877. The Labute approximate surface area is 142 Å². The monoisotopic (exact) mass is 344 g/mol. The maximum absolute atomic E-state index is 12.6. The van der Waals surface area contributed by atoms with Crippen LogP contribution in [-0.2, 0) is 10.0 Å². The van der Waals surface area contributed by atoms with Crippen LogP contribution < -0.4 is 4.90 Å². The SMILES string of the molecule is CCN(CCN1C(=O)c2ccccc2S1(=O)=O)c1cccc(C)c1. The van der Waals surface area contributed by atoms with Gasteiger partial charge in [-0.2, -0.15) is 0 Å². The Kier molecular flexibility index (Phi) is 4.32. The number of amides is 1. The van der Waals surface area contributed by atoms with Crippen molar-refractivity contribution in [3.05, 3.63) is 59.7 Å². The Morgan fingerprint density at radius 1 is 1.08 bits per heavy atom. The zero-order valence-corrected chi connectivity index (χ0v) is 14.6. The van der Waals surface area contributed by atoms with Gasteiger partial charge in [-0.25, -0.2) is 12.7 Å². The average molecular weight is 344 g/mol. The van der Waals surface area contributed by atoms with Crippen molar-refractivity contribution >= 4 is 21.6 Å². The number of carbonyl (C=O) groups is 1. The molecule has 6 heteroatoms. The van der Waals surface area contributed by atoms with E-state index in [4.69, 9.17) is 0 Å². The predicted molar refractivity (Wildman–Crippen MR) is 93.7 cm³/mol. The van der Waals surface area contributed by atoms with Gasteiger partial charge < -0.3 is 4.90 Å². The van der Waals surface area contributed by atoms with E-state index in [9.17, 15) is 13.2 Å². The summed E-state index contributed by atoms with van der Waals surface area (Å²) in [5.74, 6) is -0.439. The molecule has 2 aromatic rings. The highest BCUT2D eigenvalue weighted by molar-refractivity contribution is 7.90. The van der Waals surface area contributed by atoms with Crippen LogP contribution in [0, 0.1) is 6.92 Å². The van der Waals surface area contributed by atoms with Crippen LogP contribution in [0.25, 0.3) is 0 Å². The van der Waals surface area contributed by atoms with Gasteiger partial charge in [-0.15, -0.1) is 0 Å². The molecule has 2 aromatic carbocycles. The number of sulfonamides is 1. The van der Waals surface area contributed by atoms with Gasteiger partial charge in [-0.05, 0) is 43.7 Å². The van der Waals surface area contributed by atoms with E-state index < -0.39 is 15.9 Å². The lowest BCUT2D eigenvalue weighted by Gasteiger charge is -2.26. The van der Waals surface area contributed by atoms with Crippen molar-refractivity contribution in [3.63, 3.8) is 0 Å². The molecule has 5 nitrogen and oxygen atoms in total. The van der Waals surface area contributed by atoms with E-state index in [-0.39, 0.29) is 17.0 Å². The number of benzene rings is 2. The van der Waals surface area contributed by atoms with Crippen LogP contribution >= 0.6 is 0 Å². The largest absolute Gasteiger partial charge is 0.370 e. The van der Waals surface area contributed by atoms with Crippen LogP contribution in [0.5, 0.6) is 0 Å². The summed E-state index contributed by atoms with van der Waals surface area (Å²) in [4.78, 5) is 14.6.